The van der Waals surface area contributed by atoms with Crippen molar-refractivity contribution in [1.29, 1.82) is 0 Å². The van der Waals surface area contributed by atoms with Crippen molar-refractivity contribution in [2.75, 3.05) is 12.4 Å². The summed E-state index contributed by atoms with van der Waals surface area (Å²) in [5, 5.41) is 5.53. The number of amides is 1. The van der Waals surface area contributed by atoms with Crippen molar-refractivity contribution in [2.45, 2.75) is 18.9 Å². The first-order valence-corrected chi connectivity index (χ1v) is 6.89. The van der Waals surface area contributed by atoms with E-state index in [0.717, 1.165) is 12.8 Å². The van der Waals surface area contributed by atoms with E-state index in [4.69, 9.17) is 0 Å². The molecule has 1 aliphatic carbocycles. The van der Waals surface area contributed by atoms with E-state index < -0.39 is 11.7 Å². The molecule has 108 valence electrons. The van der Waals surface area contributed by atoms with Gasteiger partial charge < -0.3 is 10.6 Å². The maximum Gasteiger partial charge on any atom is 0.254 e. The van der Waals surface area contributed by atoms with Gasteiger partial charge in [-0.05, 0) is 30.0 Å². The van der Waals surface area contributed by atoms with Gasteiger partial charge in [0.1, 0.15) is 0 Å². The summed E-state index contributed by atoms with van der Waals surface area (Å²) in [6, 6.07) is 9.52. The number of rotatable bonds is 3. The molecule has 0 bridgehead atoms. The van der Waals surface area contributed by atoms with Crippen molar-refractivity contribution in [3.63, 3.8) is 0 Å². The second kappa shape index (κ2) is 5.52. The molecule has 0 radical (unpaired) electrons. The van der Waals surface area contributed by atoms with E-state index in [0.29, 0.717) is 0 Å². The van der Waals surface area contributed by atoms with Gasteiger partial charge in [0.2, 0.25) is 0 Å². The third-order valence-electron chi connectivity index (χ3n) is 3.76. The van der Waals surface area contributed by atoms with Crippen LogP contribution in [-0.4, -0.2) is 24.0 Å². The Balaban J connectivity index is 1.74. The number of aromatic nitrogens is 1. The summed E-state index contributed by atoms with van der Waals surface area (Å²) in [4.78, 5) is 16.1. The van der Waals surface area contributed by atoms with Crippen LogP contribution < -0.4 is 10.6 Å². The van der Waals surface area contributed by atoms with Crippen LogP contribution in [0.2, 0.25) is 0 Å². The Morgan fingerprint density at radius 1 is 1.24 bits per heavy atom. The summed E-state index contributed by atoms with van der Waals surface area (Å²) in [5.74, 6) is -0.936. The lowest BCUT2D eigenvalue weighted by Gasteiger charge is -2.13. The first kappa shape index (κ1) is 13.5. The molecule has 21 heavy (non-hydrogen) atoms. The van der Waals surface area contributed by atoms with Gasteiger partial charge in [0.25, 0.3) is 5.91 Å². The van der Waals surface area contributed by atoms with Crippen molar-refractivity contribution < 1.29 is 9.18 Å². The van der Waals surface area contributed by atoms with Gasteiger partial charge in [-0.2, -0.15) is 0 Å². The second-order valence-electron chi connectivity index (χ2n) is 5.12. The van der Waals surface area contributed by atoms with E-state index >= 15 is 0 Å². The van der Waals surface area contributed by atoms with Crippen molar-refractivity contribution in [2.24, 2.45) is 0 Å². The zero-order valence-electron chi connectivity index (χ0n) is 11.7. The summed E-state index contributed by atoms with van der Waals surface area (Å²) in [5.41, 5.74) is 2.51. The van der Waals surface area contributed by atoms with Crippen molar-refractivity contribution in [3.05, 3.63) is 59.0 Å². The molecule has 2 aromatic rings. The van der Waals surface area contributed by atoms with Crippen LogP contribution in [-0.2, 0) is 12.8 Å². The summed E-state index contributed by atoms with van der Waals surface area (Å²) in [6.07, 6.45) is 2.99. The minimum atomic E-state index is -0.618. The average molecular weight is 285 g/mol. The zero-order valence-corrected chi connectivity index (χ0v) is 11.7. The largest absolute Gasteiger partial charge is 0.371 e. The number of benzene rings is 1. The van der Waals surface area contributed by atoms with Crippen molar-refractivity contribution >= 4 is 11.7 Å². The number of fused-ring (bicyclic) bond motifs is 1. The molecule has 0 spiro atoms. The molecule has 1 aromatic carbocycles. The molecule has 2 N–H and O–H groups in total. The van der Waals surface area contributed by atoms with E-state index in [9.17, 15) is 9.18 Å². The normalized spacial score (nSPS) is 13.8. The summed E-state index contributed by atoms with van der Waals surface area (Å²) in [7, 11) is 1.57. The lowest BCUT2D eigenvalue weighted by molar-refractivity contribution is 0.0934. The quantitative estimate of drug-likeness (QED) is 0.908. The van der Waals surface area contributed by atoms with Crippen LogP contribution in [0.3, 0.4) is 0 Å². The maximum absolute atomic E-state index is 14.1. The smallest absolute Gasteiger partial charge is 0.254 e. The minimum Gasteiger partial charge on any atom is -0.371 e. The van der Waals surface area contributed by atoms with Gasteiger partial charge in [-0.1, -0.05) is 24.3 Å². The molecule has 0 unspecified atom stereocenters. The first-order valence-electron chi connectivity index (χ1n) is 6.89. The second-order valence-corrected chi connectivity index (χ2v) is 5.12. The molecule has 1 amide bonds. The van der Waals surface area contributed by atoms with Gasteiger partial charge in [0.15, 0.2) is 11.6 Å². The number of hydrogen-bond donors (Lipinski definition) is 2. The van der Waals surface area contributed by atoms with E-state index in [1.807, 2.05) is 12.1 Å². The van der Waals surface area contributed by atoms with Crippen LogP contribution in [0.1, 0.15) is 21.5 Å². The van der Waals surface area contributed by atoms with Crippen LogP contribution >= 0.6 is 0 Å². The lowest BCUT2D eigenvalue weighted by Crippen LogP contribution is -2.35. The fraction of sp³-hybridized carbons (Fsp3) is 0.250. The average Bonchev–Trinajstić information content (AvgIpc) is 2.89. The number of halogens is 1. The van der Waals surface area contributed by atoms with Gasteiger partial charge >= 0.3 is 0 Å². The standard InChI is InChI=1S/C16H16FN3O/c1-18-15-14(17)13(6-7-19-15)16(21)20-12-8-10-4-2-3-5-11(10)9-12/h2-7,12H,8-9H2,1H3,(H,18,19)(H,20,21). The number of pyridine rings is 1. The topological polar surface area (TPSA) is 54.0 Å². The Hall–Kier alpha value is -2.43. The molecule has 4 nitrogen and oxygen atoms in total. The van der Waals surface area contributed by atoms with E-state index in [-0.39, 0.29) is 17.4 Å². The molecule has 0 saturated carbocycles. The highest BCUT2D eigenvalue weighted by molar-refractivity contribution is 5.95. The van der Waals surface area contributed by atoms with Crippen molar-refractivity contribution in [1.82, 2.24) is 10.3 Å². The molecular formula is C16H16FN3O. The monoisotopic (exact) mass is 285 g/mol. The highest BCUT2D eigenvalue weighted by Gasteiger charge is 2.24. The third kappa shape index (κ3) is 2.59. The molecule has 1 heterocycles. The Bertz CT molecular complexity index is 662. The fourth-order valence-electron chi connectivity index (χ4n) is 2.72. The number of carbonyl (C=O) groups excluding carboxylic acids is 1. The highest BCUT2D eigenvalue weighted by Crippen LogP contribution is 2.22. The molecule has 0 fully saturated rings. The predicted octanol–water partition coefficient (Wildman–Crippen LogP) is 2.16. The van der Waals surface area contributed by atoms with Crippen LogP contribution in [0, 0.1) is 5.82 Å². The first-order chi connectivity index (χ1) is 10.2. The van der Waals surface area contributed by atoms with Crippen molar-refractivity contribution in [3.8, 4) is 0 Å². The van der Waals surface area contributed by atoms with Gasteiger partial charge in [-0.25, -0.2) is 9.37 Å². The molecule has 1 aromatic heterocycles. The summed E-state index contributed by atoms with van der Waals surface area (Å²) < 4.78 is 14.1. The number of hydrogen-bond acceptors (Lipinski definition) is 3. The van der Waals surface area contributed by atoms with E-state index in [1.54, 1.807) is 7.05 Å². The summed E-state index contributed by atoms with van der Waals surface area (Å²) >= 11 is 0. The number of carbonyl (C=O) groups is 1. The Labute approximate surface area is 122 Å². The van der Waals surface area contributed by atoms with Crippen LogP contribution in [0.4, 0.5) is 10.2 Å². The van der Waals surface area contributed by atoms with Crippen LogP contribution in [0.15, 0.2) is 36.5 Å². The molecule has 3 rings (SSSR count). The SMILES string of the molecule is CNc1nccc(C(=O)NC2Cc3ccccc3C2)c1F. The molecule has 0 aliphatic heterocycles. The van der Waals surface area contributed by atoms with Gasteiger partial charge in [-0.3, -0.25) is 4.79 Å². The minimum absolute atomic E-state index is 0.0144. The highest BCUT2D eigenvalue weighted by atomic mass is 19.1. The van der Waals surface area contributed by atoms with Crippen LogP contribution in [0.25, 0.3) is 0 Å². The number of nitrogens with zero attached hydrogens (tertiary/aromatic N) is 1. The van der Waals surface area contributed by atoms with E-state index in [2.05, 4.69) is 27.8 Å². The third-order valence-corrected chi connectivity index (χ3v) is 3.76. The number of anilines is 1. The number of nitrogens with one attached hydrogen (secondary N) is 2. The van der Waals surface area contributed by atoms with Crippen LogP contribution in [0.5, 0.6) is 0 Å². The maximum atomic E-state index is 14.1. The van der Waals surface area contributed by atoms with Gasteiger partial charge in [0, 0.05) is 19.3 Å². The molecule has 0 saturated heterocycles. The Kier molecular flexibility index (Phi) is 3.56. The lowest BCUT2D eigenvalue weighted by atomic mass is 10.1. The fourth-order valence-corrected chi connectivity index (χ4v) is 2.72. The van der Waals surface area contributed by atoms with Gasteiger partial charge in [-0.15, -0.1) is 0 Å². The Morgan fingerprint density at radius 2 is 1.90 bits per heavy atom. The van der Waals surface area contributed by atoms with Gasteiger partial charge in [0.05, 0.1) is 5.56 Å². The Morgan fingerprint density at radius 3 is 2.52 bits per heavy atom. The molecular weight excluding hydrogens is 269 g/mol. The molecule has 0 atom stereocenters. The zero-order chi connectivity index (χ0) is 14.8. The molecule has 1 aliphatic rings. The predicted molar refractivity (Wildman–Crippen MR) is 78.8 cm³/mol. The van der Waals surface area contributed by atoms with E-state index in [1.165, 1.54) is 23.4 Å². The summed E-state index contributed by atoms with van der Waals surface area (Å²) in [6.45, 7) is 0. The molecule has 5 heteroatoms.